The number of amides is 1. The predicted octanol–water partition coefficient (Wildman–Crippen LogP) is 3.10. The molecule has 2 aromatic heterocycles. The summed E-state index contributed by atoms with van der Waals surface area (Å²) in [6.07, 6.45) is 0.906. The van der Waals surface area contributed by atoms with Gasteiger partial charge >= 0.3 is 6.41 Å². The van der Waals surface area contributed by atoms with Gasteiger partial charge < -0.3 is 4.90 Å². The lowest BCUT2D eigenvalue weighted by molar-refractivity contribution is -0.799. The van der Waals surface area contributed by atoms with Gasteiger partial charge in [-0.1, -0.05) is 5.10 Å². The summed E-state index contributed by atoms with van der Waals surface area (Å²) in [6.45, 7) is 14.4. The summed E-state index contributed by atoms with van der Waals surface area (Å²) in [5, 5.41) is 13.9. The summed E-state index contributed by atoms with van der Waals surface area (Å²) in [4.78, 5) is 25.8. The third-order valence-corrected chi connectivity index (χ3v) is 8.27. The van der Waals surface area contributed by atoms with E-state index in [-0.39, 0.29) is 28.9 Å². The van der Waals surface area contributed by atoms with E-state index in [2.05, 4.69) is 10.2 Å². The first-order valence-electron chi connectivity index (χ1n) is 13.5. The van der Waals surface area contributed by atoms with Gasteiger partial charge in [0.05, 0.1) is 23.5 Å². The zero-order valence-electron chi connectivity index (χ0n) is 24.8. The first-order valence-corrected chi connectivity index (χ1v) is 15.1. The van der Waals surface area contributed by atoms with Gasteiger partial charge in [-0.3, -0.25) is 9.23 Å². The Morgan fingerprint density at radius 3 is 2.32 bits per heavy atom. The van der Waals surface area contributed by atoms with E-state index in [4.69, 9.17) is 15.1 Å². The van der Waals surface area contributed by atoms with Crippen molar-refractivity contribution in [3.05, 3.63) is 41.3 Å². The Hall–Kier alpha value is -3.75. The Morgan fingerprint density at radius 1 is 1.12 bits per heavy atom. The van der Waals surface area contributed by atoms with Gasteiger partial charge in [0.2, 0.25) is 11.6 Å². The number of hydrogen-bond donors (Lipinski definition) is 1. The monoisotopic (exact) mass is 584 g/mol. The number of anilines is 1. The second kappa shape index (κ2) is 11.3. The van der Waals surface area contributed by atoms with Crippen LogP contribution in [0.3, 0.4) is 0 Å². The minimum atomic E-state index is -4.08. The van der Waals surface area contributed by atoms with E-state index in [9.17, 15) is 17.8 Å². The number of carbonyl (C=O) groups excluding carboxylic acids is 1. The van der Waals surface area contributed by atoms with Crippen molar-refractivity contribution in [3.8, 4) is 11.5 Å². The Bertz CT molecular complexity index is 1610. The molecule has 1 amide bonds. The lowest BCUT2D eigenvalue weighted by atomic mass is 10.1. The lowest BCUT2D eigenvalue weighted by Crippen LogP contribution is -2.62. The normalized spacial score (nSPS) is 14.7. The highest BCUT2D eigenvalue weighted by Crippen LogP contribution is 2.31. The van der Waals surface area contributed by atoms with Gasteiger partial charge in [0.25, 0.3) is 16.0 Å². The highest BCUT2D eigenvalue weighted by Gasteiger charge is 2.49. The van der Waals surface area contributed by atoms with E-state index < -0.39 is 10.1 Å². The molecule has 220 valence electrons. The molecule has 0 fully saturated rings. The fourth-order valence-corrected chi connectivity index (χ4v) is 5.51. The predicted molar refractivity (Wildman–Crippen MR) is 158 cm³/mol. The van der Waals surface area contributed by atoms with Crippen LogP contribution < -0.4 is 4.90 Å². The molecule has 0 saturated heterocycles. The molecule has 0 bridgehead atoms. The molecule has 1 aliphatic rings. The second-order valence-corrected chi connectivity index (χ2v) is 12.4. The van der Waals surface area contributed by atoms with Gasteiger partial charge in [0.1, 0.15) is 5.69 Å². The number of aryl methyl sites for hydroxylation is 3. The first-order chi connectivity index (χ1) is 19.2. The van der Waals surface area contributed by atoms with Crippen LogP contribution in [0.5, 0.6) is 0 Å². The molecule has 0 unspecified atom stereocenters. The Balaban J connectivity index is 1.84. The fraction of sp³-hybridized carbons (Fsp3) is 0.481. The zero-order valence-corrected chi connectivity index (χ0v) is 25.6. The molecule has 0 radical (unpaired) electrons. The minimum Gasteiger partial charge on any atom is -0.371 e. The first kappa shape index (κ1) is 30.2. The average Bonchev–Trinajstić information content (AvgIpc) is 3.54. The topological polar surface area (TPSA) is 148 Å². The smallest absolute Gasteiger partial charge is 0.308 e. The summed E-state index contributed by atoms with van der Waals surface area (Å²) in [5.41, 5.74) is 4.29. The van der Waals surface area contributed by atoms with Crippen LogP contribution in [0, 0.1) is 13.8 Å². The van der Waals surface area contributed by atoms with E-state index in [1.165, 1.54) is 4.79 Å². The Kier molecular flexibility index (Phi) is 8.30. The minimum absolute atomic E-state index is 0.0712. The summed E-state index contributed by atoms with van der Waals surface area (Å²) >= 11 is 0. The number of amidine groups is 1. The number of hydrogen-bond acceptors (Lipinski definition) is 9. The number of carbonyl (C=O) groups is 1. The van der Waals surface area contributed by atoms with Crippen LogP contribution in [0.2, 0.25) is 0 Å². The van der Waals surface area contributed by atoms with Crippen LogP contribution in [0.15, 0.2) is 34.4 Å². The highest BCUT2D eigenvalue weighted by molar-refractivity contribution is 7.85. The molecule has 1 aliphatic heterocycles. The van der Waals surface area contributed by atoms with Crippen molar-refractivity contribution in [1.29, 1.82) is 0 Å². The number of nitrogens with zero attached hydrogens (tertiary/aromatic N) is 9. The largest absolute Gasteiger partial charge is 0.371 e. The second-order valence-electron chi connectivity index (χ2n) is 10.8. The summed E-state index contributed by atoms with van der Waals surface area (Å²) in [6, 6.07) is 7.23. The van der Waals surface area contributed by atoms with Crippen molar-refractivity contribution < 1.29 is 22.2 Å². The maximum absolute atomic E-state index is 12.8. The molecule has 41 heavy (non-hydrogen) atoms. The molecule has 3 aromatic rings. The molecular weight excluding hydrogens is 546 g/mol. The van der Waals surface area contributed by atoms with Gasteiger partial charge in [-0.25, -0.2) is 19.3 Å². The van der Waals surface area contributed by atoms with Gasteiger partial charge in [-0.15, -0.1) is 9.89 Å². The molecule has 0 atom stereocenters. The Labute approximate surface area is 240 Å². The molecule has 0 saturated carbocycles. The van der Waals surface area contributed by atoms with Crippen molar-refractivity contribution in [2.45, 2.75) is 60.5 Å². The fourth-order valence-electron chi connectivity index (χ4n) is 5.05. The Morgan fingerprint density at radius 2 is 1.80 bits per heavy atom. The SMILES string of the molecule is CCN(CCS(=O)(=O)O)c1ccc(N=C2C([N+](C=O)(C(C)C)C(C)C)=Nn3nc(-c4cc(C)n(C)n4)nc32)c(C)c1. The quantitative estimate of drug-likeness (QED) is 0.217. The lowest BCUT2D eigenvalue weighted by Gasteiger charge is -2.38. The third kappa shape index (κ3) is 5.72. The molecule has 4 rings (SSSR count). The summed E-state index contributed by atoms with van der Waals surface area (Å²) in [5.74, 6) is 0.904. The van der Waals surface area contributed by atoms with E-state index >= 15 is 0 Å². The van der Waals surface area contributed by atoms with Crippen LogP contribution >= 0.6 is 0 Å². The average molecular weight is 585 g/mol. The van der Waals surface area contributed by atoms with Crippen molar-refractivity contribution in [2.24, 2.45) is 17.1 Å². The standard InChI is InChI=1S/C27H37N9O4S/c1-9-34(12-13-41(38,39)40)21-10-11-22(19(6)14-21)28-24-26-29-25(23-15-20(7)33(8)30-23)31-35(26)32-27(24)36(16-37,17(2)3)18(4)5/h10-11,14-18H,9,12-13H2,1-8H3/p+1. The van der Waals surface area contributed by atoms with E-state index in [1.54, 1.807) is 4.68 Å². The number of rotatable bonds is 10. The summed E-state index contributed by atoms with van der Waals surface area (Å²) in [7, 11) is -2.23. The molecule has 0 spiro atoms. The molecule has 1 N–H and O–H groups in total. The molecule has 0 aliphatic carbocycles. The zero-order chi connectivity index (χ0) is 30.3. The van der Waals surface area contributed by atoms with Gasteiger partial charge in [-0.2, -0.15) is 13.5 Å². The van der Waals surface area contributed by atoms with Crippen molar-refractivity contribution >= 4 is 39.5 Å². The van der Waals surface area contributed by atoms with Gasteiger partial charge in [0.15, 0.2) is 5.71 Å². The number of quaternary nitrogens is 1. The van der Waals surface area contributed by atoms with Crippen LogP contribution in [-0.4, -0.2) is 91.0 Å². The van der Waals surface area contributed by atoms with Crippen LogP contribution in [-0.2, 0) is 22.0 Å². The van der Waals surface area contributed by atoms with Gasteiger partial charge in [-0.05, 0) is 78.3 Å². The number of fused-ring (bicyclic) bond motifs is 1. The van der Waals surface area contributed by atoms with E-state index in [0.717, 1.165) is 23.4 Å². The van der Waals surface area contributed by atoms with Crippen molar-refractivity contribution in [2.75, 3.05) is 23.7 Å². The molecule has 1 aromatic carbocycles. The maximum atomic E-state index is 12.8. The number of aromatic nitrogens is 5. The highest BCUT2D eigenvalue weighted by atomic mass is 32.2. The molecular formula is C27H38N9O4S+. The number of benzene rings is 1. The molecule has 13 nitrogen and oxygen atoms in total. The molecule has 3 heterocycles. The van der Waals surface area contributed by atoms with Crippen molar-refractivity contribution in [3.63, 3.8) is 0 Å². The maximum Gasteiger partial charge on any atom is 0.308 e. The van der Waals surface area contributed by atoms with Crippen LogP contribution in [0.1, 0.15) is 51.7 Å². The third-order valence-electron chi connectivity index (χ3n) is 7.58. The van der Waals surface area contributed by atoms with Gasteiger partial charge in [0, 0.05) is 31.5 Å². The molecule has 14 heteroatoms. The summed E-state index contributed by atoms with van der Waals surface area (Å²) < 4.78 is 33.5. The van der Waals surface area contributed by atoms with Crippen LogP contribution in [0.4, 0.5) is 11.4 Å². The van der Waals surface area contributed by atoms with Crippen LogP contribution in [0.25, 0.3) is 11.5 Å². The number of aliphatic imine (C=N–C) groups is 1. The van der Waals surface area contributed by atoms with E-state index in [1.807, 2.05) is 84.7 Å². The van der Waals surface area contributed by atoms with E-state index in [0.29, 0.717) is 41.1 Å². The van der Waals surface area contributed by atoms with Crippen molar-refractivity contribution in [1.82, 2.24) is 24.7 Å².